The third-order valence-corrected chi connectivity index (χ3v) is 6.21. The van der Waals surface area contributed by atoms with Gasteiger partial charge in [0.1, 0.15) is 5.01 Å². The predicted octanol–water partition coefficient (Wildman–Crippen LogP) is 3.53. The maximum absolute atomic E-state index is 4.87. The average molecular weight is 268 g/mol. The van der Waals surface area contributed by atoms with Gasteiger partial charge in [-0.25, -0.2) is 4.98 Å². The molecule has 1 N–H and O–H groups in total. The minimum atomic E-state index is 0.694. The Balaban J connectivity index is 1.71. The SMILES string of the molecule is CCc1nc(C2CCCS2)sc1CNC1CC1. The number of nitrogens with one attached hydrogen (secondary N) is 1. The summed E-state index contributed by atoms with van der Waals surface area (Å²) >= 11 is 4.05. The van der Waals surface area contributed by atoms with E-state index in [4.69, 9.17) is 4.98 Å². The molecule has 2 heterocycles. The normalized spacial score (nSPS) is 24.4. The van der Waals surface area contributed by atoms with Crippen LogP contribution in [0.4, 0.5) is 0 Å². The molecule has 1 aromatic rings. The second-order valence-corrected chi connectivity index (χ2v) is 7.36. The van der Waals surface area contributed by atoms with Crippen molar-refractivity contribution >= 4 is 23.1 Å². The van der Waals surface area contributed by atoms with Crippen LogP contribution in [0.5, 0.6) is 0 Å². The summed E-state index contributed by atoms with van der Waals surface area (Å²) < 4.78 is 0. The lowest BCUT2D eigenvalue weighted by atomic mass is 10.2. The first-order chi connectivity index (χ1) is 8.36. The zero-order valence-corrected chi connectivity index (χ0v) is 12.0. The molecule has 94 valence electrons. The Labute approximate surface area is 112 Å². The van der Waals surface area contributed by atoms with Crippen LogP contribution in [0, 0.1) is 0 Å². The average Bonchev–Trinajstić information content (AvgIpc) is 2.88. The number of hydrogen-bond acceptors (Lipinski definition) is 4. The van der Waals surface area contributed by atoms with Crippen LogP contribution in [0.3, 0.4) is 0 Å². The van der Waals surface area contributed by atoms with Crippen molar-refractivity contribution in [3.05, 3.63) is 15.6 Å². The number of rotatable bonds is 5. The molecule has 1 aliphatic heterocycles. The van der Waals surface area contributed by atoms with E-state index in [2.05, 4.69) is 24.0 Å². The summed E-state index contributed by atoms with van der Waals surface area (Å²) in [6, 6.07) is 0.797. The van der Waals surface area contributed by atoms with Gasteiger partial charge in [-0.1, -0.05) is 6.92 Å². The van der Waals surface area contributed by atoms with Gasteiger partial charge >= 0.3 is 0 Å². The molecule has 0 aromatic carbocycles. The smallest absolute Gasteiger partial charge is 0.106 e. The number of nitrogens with zero attached hydrogens (tertiary/aromatic N) is 1. The first-order valence-corrected chi connectivity index (χ1v) is 8.56. The first kappa shape index (κ1) is 12.0. The van der Waals surface area contributed by atoms with Crippen molar-refractivity contribution < 1.29 is 0 Å². The van der Waals surface area contributed by atoms with Crippen molar-refractivity contribution in [2.45, 2.75) is 56.9 Å². The Hall–Kier alpha value is -0.0600. The molecule has 2 aliphatic rings. The maximum Gasteiger partial charge on any atom is 0.106 e. The monoisotopic (exact) mass is 268 g/mol. The van der Waals surface area contributed by atoms with Crippen molar-refractivity contribution in [1.82, 2.24) is 10.3 Å². The minimum Gasteiger partial charge on any atom is -0.309 e. The predicted molar refractivity (Wildman–Crippen MR) is 75.8 cm³/mol. The van der Waals surface area contributed by atoms with Gasteiger partial charge in [0.2, 0.25) is 0 Å². The topological polar surface area (TPSA) is 24.9 Å². The van der Waals surface area contributed by atoms with Gasteiger partial charge in [-0.3, -0.25) is 0 Å². The molecule has 0 radical (unpaired) electrons. The van der Waals surface area contributed by atoms with Crippen molar-refractivity contribution in [3.8, 4) is 0 Å². The van der Waals surface area contributed by atoms with Crippen LogP contribution >= 0.6 is 23.1 Å². The summed E-state index contributed by atoms with van der Waals surface area (Å²) in [6.07, 6.45) is 6.51. The molecule has 0 spiro atoms. The summed E-state index contributed by atoms with van der Waals surface area (Å²) in [6.45, 7) is 3.27. The van der Waals surface area contributed by atoms with E-state index in [9.17, 15) is 0 Å². The number of thioether (sulfide) groups is 1. The van der Waals surface area contributed by atoms with Crippen molar-refractivity contribution in [2.75, 3.05) is 5.75 Å². The van der Waals surface area contributed by atoms with E-state index in [1.54, 1.807) is 0 Å². The Morgan fingerprint density at radius 2 is 2.24 bits per heavy atom. The lowest BCUT2D eigenvalue weighted by Crippen LogP contribution is -2.15. The third kappa shape index (κ3) is 2.85. The lowest BCUT2D eigenvalue weighted by Gasteiger charge is -2.02. The molecule has 1 aromatic heterocycles. The van der Waals surface area contributed by atoms with E-state index in [0.29, 0.717) is 5.25 Å². The molecule has 0 bridgehead atoms. The maximum atomic E-state index is 4.87. The quantitative estimate of drug-likeness (QED) is 0.884. The minimum absolute atomic E-state index is 0.694. The van der Waals surface area contributed by atoms with Crippen molar-refractivity contribution in [2.24, 2.45) is 0 Å². The van der Waals surface area contributed by atoms with Gasteiger partial charge in [0.15, 0.2) is 0 Å². The van der Waals surface area contributed by atoms with Gasteiger partial charge in [0.05, 0.1) is 10.9 Å². The fourth-order valence-electron chi connectivity index (χ4n) is 2.25. The Kier molecular flexibility index (Phi) is 3.73. The molecular formula is C13H20N2S2. The van der Waals surface area contributed by atoms with Gasteiger partial charge in [0, 0.05) is 17.5 Å². The Morgan fingerprint density at radius 1 is 1.35 bits per heavy atom. The van der Waals surface area contributed by atoms with E-state index in [1.807, 2.05) is 11.3 Å². The van der Waals surface area contributed by atoms with Crippen LogP contribution in [0.25, 0.3) is 0 Å². The molecule has 1 saturated carbocycles. The van der Waals surface area contributed by atoms with Crippen LogP contribution in [-0.2, 0) is 13.0 Å². The van der Waals surface area contributed by atoms with E-state index in [0.717, 1.165) is 19.0 Å². The zero-order valence-electron chi connectivity index (χ0n) is 10.4. The molecule has 0 amide bonds. The van der Waals surface area contributed by atoms with Crippen LogP contribution < -0.4 is 5.32 Å². The van der Waals surface area contributed by atoms with Crippen molar-refractivity contribution in [1.29, 1.82) is 0 Å². The van der Waals surface area contributed by atoms with Gasteiger partial charge < -0.3 is 5.32 Å². The fraction of sp³-hybridized carbons (Fsp3) is 0.769. The highest BCUT2D eigenvalue weighted by Crippen LogP contribution is 2.42. The van der Waals surface area contributed by atoms with Crippen LogP contribution in [-0.4, -0.2) is 16.8 Å². The van der Waals surface area contributed by atoms with E-state index in [1.165, 1.54) is 47.0 Å². The Morgan fingerprint density at radius 3 is 2.88 bits per heavy atom. The molecule has 1 aliphatic carbocycles. The molecular weight excluding hydrogens is 248 g/mol. The highest BCUT2D eigenvalue weighted by atomic mass is 32.2. The lowest BCUT2D eigenvalue weighted by molar-refractivity contribution is 0.689. The summed E-state index contributed by atoms with van der Waals surface area (Å²) in [5.74, 6) is 1.32. The second kappa shape index (κ2) is 5.29. The summed E-state index contributed by atoms with van der Waals surface area (Å²) in [7, 11) is 0. The number of aryl methyl sites for hydroxylation is 1. The Bertz CT molecular complexity index is 379. The van der Waals surface area contributed by atoms with E-state index >= 15 is 0 Å². The molecule has 2 nitrogen and oxygen atoms in total. The largest absolute Gasteiger partial charge is 0.309 e. The summed E-state index contributed by atoms with van der Waals surface area (Å²) in [5.41, 5.74) is 1.34. The highest BCUT2D eigenvalue weighted by molar-refractivity contribution is 7.99. The number of aromatic nitrogens is 1. The zero-order chi connectivity index (χ0) is 11.7. The van der Waals surface area contributed by atoms with Gasteiger partial charge in [0.25, 0.3) is 0 Å². The molecule has 2 fully saturated rings. The molecule has 1 saturated heterocycles. The van der Waals surface area contributed by atoms with Gasteiger partial charge in [-0.15, -0.1) is 11.3 Å². The fourth-order valence-corrected chi connectivity index (χ4v) is 4.87. The molecule has 17 heavy (non-hydrogen) atoms. The number of hydrogen-bond donors (Lipinski definition) is 1. The molecule has 1 unspecified atom stereocenters. The van der Waals surface area contributed by atoms with Gasteiger partial charge in [-0.2, -0.15) is 11.8 Å². The van der Waals surface area contributed by atoms with Crippen LogP contribution in [0.1, 0.15) is 53.4 Å². The van der Waals surface area contributed by atoms with Crippen LogP contribution in [0.15, 0.2) is 0 Å². The van der Waals surface area contributed by atoms with Gasteiger partial charge in [-0.05, 0) is 37.9 Å². The number of thiazole rings is 1. The second-order valence-electron chi connectivity index (χ2n) is 4.93. The molecule has 3 rings (SSSR count). The first-order valence-electron chi connectivity index (χ1n) is 6.70. The highest BCUT2D eigenvalue weighted by Gasteiger charge is 2.24. The van der Waals surface area contributed by atoms with Crippen molar-refractivity contribution in [3.63, 3.8) is 0 Å². The summed E-state index contributed by atoms with van der Waals surface area (Å²) in [4.78, 5) is 6.35. The molecule has 4 heteroatoms. The standard InChI is InChI=1S/C13H20N2S2/c1-2-10-12(8-14-9-5-6-9)17-13(15-10)11-4-3-7-16-11/h9,11,14H,2-8H2,1H3. The third-order valence-electron chi connectivity index (χ3n) is 3.46. The van der Waals surface area contributed by atoms with Crippen LogP contribution in [0.2, 0.25) is 0 Å². The van der Waals surface area contributed by atoms with E-state index in [-0.39, 0.29) is 0 Å². The molecule has 1 atom stereocenters. The van der Waals surface area contributed by atoms with E-state index < -0.39 is 0 Å². The summed E-state index contributed by atoms with van der Waals surface area (Å²) in [5, 5.41) is 5.70.